The van der Waals surface area contributed by atoms with Crippen molar-refractivity contribution in [2.75, 3.05) is 0 Å². The molecule has 0 amide bonds. The minimum Gasteiger partial charge on any atom is -0.267 e. The van der Waals surface area contributed by atoms with Gasteiger partial charge < -0.3 is 0 Å². The smallest absolute Gasteiger partial charge is 0.225 e. The summed E-state index contributed by atoms with van der Waals surface area (Å²) in [6.45, 7) is 0.930. The van der Waals surface area contributed by atoms with Gasteiger partial charge in [-0.3, -0.25) is 4.68 Å². The lowest BCUT2D eigenvalue weighted by Gasteiger charge is -2.12. The van der Waals surface area contributed by atoms with Gasteiger partial charge in [0, 0.05) is 6.54 Å². The molecular formula is C9H8Cl2N4. The number of halogens is 2. The molecule has 0 spiro atoms. The molecule has 3 heterocycles. The van der Waals surface area contributed by atoms with Crippen molar-refractivity contribution < 1.29 is 0 Å². The van der Waals surface area contributed by atoms with Gasteiger partial charge in [-0.25, -0.2) is 4.98 Å². The van der Waals surface area contributed by atoms with Gasteiger partial charge in [0.05, 0.1) is 11.1 Å². The van der Waals surface area contributed by atoms with Crippen LogP contribution in [-0.2, 0) is 13.0 Å². The maximum atomic E-state index is 6.05. The molecular weight excluding hydrogens is 235 g/mol. The largest absolute Gasteiger partial charge is 0.267 e. The van der Waals surface area contributed by atoms with E-state index in [0.717, 1.165) is 30.5 Å². The van der Waals surface area contributed by atoms with Gasteiger partial charge in [0.1, 0.15) is 5.15 Å². The first-order valence-electron chi connectivity index (χ1n) is 4.84. The van der Waals surface area contributed by atoms with E-state index in [1.807, 2.05) is 4.68 Å². The van der Waals surface area contributed by atoms with E-state index < -0.39 is 0 Å². The molecule has 1 aliphatic rings. The van der Waals surface area contributed by atoms with Crippen LogP contribution in [0.25, 0.3) is 11.0 Å². The van der Waals surface area contributed by atoms with Crippen LogP contribution in [0.15, 0.2) is 0 Å². The summed E-state index contributed by atoms with van der Waals surface area (Å²) in [5.74, 6) is 0. The second kappa shape index (κ2) is 3.32. The lowest BCUT2D eigenvalue weighted by molar-refractivity contribution is 0.490. The maximum absolute atomic E-state index is 6.05. The Kier molecular flexibility index (Phi) is 2.07. The lowest BCUT2D eigenvalue weighted by atomic mass is 10.1. The number of fused-ring (bicyclic) bond motifs is 3. The molecule has 0 aliphatic carbocycles. The number of hydrogen-bond acceptors (Lipinski definition) is 3. The monoisotopic (exact) mass is 242 g/mol. The summed E-state index contributed by atoms with van der Waals surface area (Å²) >= 11 is 11.8. The van der Waals surface area contributed by atoms with Gasteiger partial charge in [-0.1, -0.05) is 11.6 Å². The Balaban J connectivity index is 2.37. The molecule has 6 heteroatoms. The fourth-order valence-electron chi connectivity index (χ4n) is 2.01. The van der Waals surface area contributed by atoms with Crippen molar-refractivity contribution in [2.24, 2.45) is 0 Å². The van der Waals surface area contributed by atoms with Crippen molar-refractivity contribution in [3.8, 4) is 0 Å². The number of nitrogens with zero attached hydrogens (tertiary/aromatic N) is 4. The van der Waals surface area contributed by atoms with Crippen molar-refractivity contribution in [2.45, 2.75) is 25.8 Å². The van der Waals surface area contributed by atoms with Crippen molar-refractivity contribution >= 4 is 34.2 Å². The standard InChI is InChI=1S/C9H8Cl2N4/c10-7-6-5-3-1-2-4-15(5)14-8(6)13-9(11)12-7/h1-4H2. The van der Waals surface area contributed by atoms with E-state index in [2.05, 4.69) is 15.1 Å². The summed E-state index contributed by atoms with van der Waals surface area (Å²) < 4.78 is 1.96. The molecule has 0 saturated heterocycles. The normalized spacial score (nSPS) is 15.6. The molecule has 2 aromatic heterocycles. The first-order chi connectivity index (χ1) is 7.25. The Morgan fingerprint density at radius 3 is 2.87 bits per heavy atom. The van der Waals surface area contributed by atoms with E-state index in [1.54, 1.807) is 0 Å². The first-order valence-corrected chi connectivity index (χ1v) is 5.60. The fourth-order valence-corrected chi connectivity index (χ4v) is 2.50. The van der Waals surface area contributed by atoms with Gasteiger partial charge in [0.15, 0.2) is 5.65 Å². The van der Waals surface area contributed by atoms with E-state index in [1.165, 1.54) is 6.42 Å². The highest BCUT2D eigenvalue weighted by molar-refractivity contribution is 6.35. The van der Waals surface area contributed by atoms with Crippen molar-refractivity contribution in [1.82, 2.24) is 19.7 Å². The summed E-state index contributed by atoms with van der Waals surface area (Å²) in [6.07, 6.45) is 3.31. The van der Waals surface area contributed by atoms with Crippen LogP contribution in [0.1, 0.15) is 18.5 Å². The molecule has 15 heavy (non-hydrogen) atoms. The van der Waals surface area contributed by atoms with Crippen LogP contribution in [0.5, 0.6) is 0 Å². The topological polar surface area (TPSA) is 43.6 Å². The van der Waals surface area contributed by atoms with Crippen LogP contribution in [0.3, 0.4) is 0 Å². The molecule has 0 N–H and O–H groups in total. The first kappa shape index (κ1) is 9.36. The van der Waals surface area contributed by atoms with Gasteiger partial charge in [0.25, 0.3) is 0 Å². The highest BCUT2D eigenvalue weighted by Gasteiger charge is 2.19. The minimum atomic E-state index is 0.156. The van der Waals surface area contributed by atoms with Crippen molar-refractivity contribution in [1.29, 1.82) is 0 Å². The third kappa shape index (κ3) is 1.40. The van der Waals surface area contributed by atoms with Gasteiger partial charge in [-0.15, -0.1) is 0 Å². The number of aryl methyl sites for hydroxylation is 2. The molecule has 0 unspecified atom stereocenters. The van der Waals surface area contributed by atoms with E-state index in [4.69, 9.17) is 23.2 Å². The average Bonchev–Trinajstić information content (AvgIpc) is 2.54. The summed E-state index contributed by atoms with van der Waals surface area (Å²) in [4.78, 5) is 8.03. The quantitative estimate of drug-likeness (QED) is 0.527. The Bertz CT molecular complexity index is 534. The third-order valence-corrected chi connectivity index (χ3v) is 3.11. The minimum absolute atomic E-state index is 0.156. The molecule has 3 rings (SSSR count). The average molecular weight is 243 g/mol. The summed E-state index contributed by atoms with van der Waals surface area (Å²) in [5.41, 5.74) is 1.75. The molecule has 2 aromatic rings. The molecule has 0 bridgehead atoms. The fraction of sp³-hybridized carbons (Fsp3) is 0.444. The summed E-state index contributed by atoms with van der Waals surface area (Å²) in [6, 6.07) is 0. The molecule has 1 aliphatic heterocycles. The van der Waals surface area contributed by atoms with E-state index in [9.17, 15) is 0 Å². The van der Waals surface area contributed by atoms with Crippen LogP contribution < -0.4 is 0 Å². The Morgan fingerprint density at radius 2 is 2.00 bits per heavy atom. The highest BCUT2D eigenvalue weighted by atomic mass is 35.5. The van der Waals surface area contributed by atoms with Crippen LogP contribution in [0, 0.1) is 0 Å². The Hall–Kier alpha value is -0.870. The molecule has 0 aromatic carbocycles. The summed E-state index contributed by atoms with van der Waals surface area (Å²) in [7, 11) is 0. The van der Waals surface area contributed by atoms with Gasteiger partial charge >= 0.3 is 0 Å². The molecule has 78 valence electrons. The number of hydrogen-bond donors (Lipinski definition) is 0. The zero-order valence-corrected chi connectivity index (χ0v) is 9.39. The molecule has 0 saturated carbocycles. The molecule has 0 radical (unpaired) electrons. The SMILES string of the molecule is Clc1nc(Cl)c2c3n(nc2n1)CCCC3. The second-order valence-corrected chi connectivity index (χ2v) is 4.31. The van der Waals surface area contributed by atoms with Crippen LogP contribution in [0.4, 0.5) is 0 Å². The van der Waals surface area contributed by atoms with Crippen LogP contribution in [0.2, 0.25) is 10.4 Å². The van der Waals surface area contributed by atoms with Crippen LogP contribution >= 0.6 is 23.2 Å². The van der Waals surface area contributed by atoms with Gasteiger partial charge in [-0.05, 0) is 30.9 Å². The third-order valence-electron chi connectivity index (χ3n) is 2.67. The molecule has 4 nitrogen and oxygen atoms in total. The van der Waals surface area contributed by atoms with Crippen molar-refractivity contribution in [3.05, 3.63) is 16.1 Å². The maximum Gasteiger partial charge on any atom is 0.225 e. The lowest BCUT2D eigenvalue weighted by Crippen LogP contribution is -2.10. The highest BCUT2D eigenvalue weighted by Crippen LogP contribution is 2.28. The zero-order chi connectivity index (χ0) is 10.4. The molecule has 0 atom stereocenters. The second-order valence-electron chi connectivity index (χ2n) is 3.61. The summed E-state index contributed by atoms with van der Waals surface area (Å²) in [5, 5.41) is 5.80. The van der Waals surface area contributed by atoms with Gasteiger partial charge in [-0.2, -0.15) is 10.1 Å². The van der Waals surface area contributed by atoms with Gasteiger partial charge in [0.2, 0.25) is 5.28 Å². The number of aromatic nitrogens is 4. The Morgan fingerprint density at radius 1 is 1.13 bits per heavy atom. The number of rotatable bonds is 0. The molecule has 0 fully saturated rings. The van der Waals surface area contributed by atoms with Crippen LogP contribution in [-0.4, -0.2) is 19.7 Å². The van der Waals surface area contributed by atoms with Crippen molar-refractivity contribution in [3.63, 3.8) is 0 Å². The zero-order valence-electron chi connectivity index (χ0n) is 7.87. The predicted molar refractivity (Wildman–Crippen MR) is 58.3 cm³/mol. The van der Waals surface area contributed by atoms with E-state index in [-0.39, 0.29) is 5.28 Å². The predicted octanol–water partition coefficient (Wildman–Crippen LogP) is 2.47. The van der Waals surface area contributed by atoms with E-state index >= 15 is 0 Å². The Labute approximate surface area is 96.2 Å². The van der Waals surface area contributed by atoms with E-state index in [0.29, 0.717) is 10.8 Å².